The molecule has 0 aliphatic heterocycles. The Labute approximate surface area is 314 Å². The average molecular weight is 782 g/mol. The van der Waals surface area contributed by atoms with E-state index in [1.165, 1.54) is 7.05 Å². The summed E-state index contributed by atoms with van der Waals surface area (Å²) in [5.41, 5.74) is 4.11. The molecule has 3 aromatic rings. The Bertz CT molecular complexity index is 1790. The fourth-order valence-electron chi connectivity index (χ4n) is 5.81. The van der Waals surface area contributed by atoms with Gasteiger partial charge in [-0.3, -0.25) is 4.98 Å². The number of aliphatic hydroxyl groups is 4. The lowest BCUT2D eigenvalue weighted by atomic mass is 9.96. The third-order valence-corrected chi connectivity index (χ3v) is 10.9. The van der Waals surface area contributed by atoms with Crippen molar-refractivity contribution in [1.29, 1.82) is 0 Å². The van der Waals surface area contributed by atoms with Crippen LogP contribution in [0.3, 0.4) is 0 Å². The van der Waals surface area contributed by atoms with E-state index in [0.717, 1.165) is 64.1 Å². The highest BCUT2D eigenvalue weighted by Crippen LogP contribution is 2.53. The lowest BCUT2D eigenvalue weighted by molar-refractivity contribution is -0.0701. The van der Waals surface area contributed by atoms with Gasteiger partial charge in [-0.15, -0.1) is 0 Å². The van der Waals surface area contributed by atoms with Gasteiger partial charge in [0.25, 0.3) is 0 Å². The van der Waals surface area contributed by atoms with Gasteiger partial charge in [-0.05, 0) is 92.3 Å². The Morgan fingerprint density at radius 3 is 2.46 bits per heavy atom. The summed E-state index contributed by atoms with van der Waals surface area (Å²) in [4.78, 5) is 17.6. The van der Waals surface area contributed by atoms with Crippen molar-refractivity contribution in [3.05, 3.63) is 81.6 Å². The number of nitrogens with one attached hydrogen (secondary N) is 2. The molecule has 0 spiro atoms. The van der Waals surface area contributed by atoms with E-state index in [0.29, 0.717) is 29.3 Å². The molecule has 3 atom stereocenters. The zero-order valence-corrected chi connectivity index (χ0v) is 31.2. The van der Waals surface area contributed by atoms with Gasteiger partial charge in [0.05, 0.1) is 31.0 Å². The molecule has 5 rings (SSSR count). The second-order valence-electron chi connectivity index (χ2n) is 13.3. The quantitative estimate of drug-likeness (QED) is 0.0912. The number of ether oxygens (including phenoxy) is 2. The lowest BCUT2D eigenvalue weighted by Crippen LogP contribution is -2.50. The number of unbranched alkanes of at least 4 members (excludes halogenated alkanes) is 1. The molecule has 0 radical (unpaired) electrons. The first-order chi connectivity index (χ1) is 24.8. The van der Waals surface area contributed by atoms with Gasteiger partial charge in [-0.2, -0.15) is 13.1 Å². The molecule has 2 aromatic carbocycles. The van der Waals surface area contributed by atoms with Crippen molar-refractivity contribution in [3.8, 4) is 16.9 Å². The first-order valence-electron chi connectivity index (χ1n) is 17.3. The zero-order valence-electron chi connectivity index (χ0n) is 28.9. The van der Waals surface area contributed by atoms with Crippen molar-refractivity contribution in [2.75, 3.05) is 26.7 Å². The van der Waals surface area contributed by atoms with Gasteiger partial charge in [0.1, 0.15) is 18.0 Å². The van der Waals surface area contributed by atoms with Crippen LogP contribution < -0.4 is 14.2 Å². The van der Waals surface area contributed by atoms with Crippen LogP contribution in [-0.4, -0.2) is 95.9 Å². The summed E-state index contributed by atoms with van der Waals surface area (Å²) in [5, 5.41) is 39.6. The number of aryl methyl sites for hydroxylation is 1. The number of carbonyl (C=O) groups excluding carboxylic acids is 1. The SMILES string of the molecule is CN(C[C@@H](O)[C@H](O)[C@@H](O)CCO)C(=O)NS(=O)(=O)NCCCCc1cc(Cl)c(COC2(c3cnccc3-c3ccccc3OC3CC3)CC2)cc1Cl. The van der Waals surface area contributed by atoms with Crippen LogP contribution in [0.4, 0.5) is 4.79 Å². The number of halogens is 2. The Morgan fingerprint density at radius 2 is 1.75 bits per heavy atom. The first kappa shape index (κ1) is 40.1. The molecule has 2 amide bonds. The number of likely N-dealkylation sites (N-methyl/N-ethyl adjacent to an activating group) is 1. The van der Waals surface area contributed by atoms with Crippen LogP contribution in [0, 0.1) is 0 Å². The molecule has 0 bridgehead atoms. The number of carbonyl (C=O) groups is 1. The molecule has 0 saturated heterocycles. The summed E-state index contributed by atoms with van der Waals surface area (Å²) < 4.78 is 41.7. The number of aromatic nitrogens is 1. The maximum atomic E-state index is 12.4. The predicted molar refractivity (Wildman–Crippen MR) is 196 cm³/mol. The predicted octanol–water partition coefficient (Wildman–Crippen LogP) is 4.07. The van der Waals surface area contributed by atoms with Crippen molar-refractivity contribution in [2.24, 2.45) is 0 Å². The van der Waals surface area contributed by atoms with Crippen LogP contribution in [0.15, 0.2) is 54.9 Å². The maximum absolute atomic E-state index is 12.4. The number of aliphatic hydroxyl groups excluding tert-OH is 4. The Balaban J connectivity index is 1.09. The number of benzene rings is 2. The minimum absolute atomic E-state index is 0.0356. The molecule has 52 heavy (non-hydrogen) atoms. The van der Waals surface area contributed by atoms with Gasteiger partial charge in [-0.25, -0.2) is 9.52 Å². The third kappa shape index (κ3) is 10.8. The van der Waals surface area contributed by atoms with Gasteiger partial charge in [0, 0.05) is 53.8 Å². The number of urea groups is 1. The van der Waals surface area contributed by atoms with Gasteiger partial charge < -0.3 is 34.8 Å². The van der Waals surface area contributed by atoms with Gasteiger partial charge >= 0.3 is 16.2 Å². The summed E-state index contributed by atoms with van der Waals surface area (Å²) in [6.45, 7) is -0.581. The first-order valence-corrected chi connectivity index (χ1v) is 19.5. The lowest BCUT2D eigenvalue weighted by Gasteiger charge is -2.26. The molecule has 2 aliphatic rings. The molecule has 284 valence electrons. The van der Waals surface area contributed by atoms with Crippen LogP contribution in [0.25, 0.3) is 11.1 Å². The van der Waals surface area contributed by atoms with Crippen LogP contribution in [0.5, 0.6) is 5.75 Å². The summed E-state index contributed by atoms with van der Waals surface area (Å²) in [7, 11) is -3.00. The standard InChI is InChI=1S/C36H46Cl2N4O9S/c1-42(21-32(45)34(46)31(44)12-17-43)35(47)41-52(48,49)40-15-5-4-6-23-18-30(38)24(19-29(23)37)22-50-36(13-14-36)28-20-39-16-11-26(28)27-7-2-3-8-33(27)51-25-9-10-25/h2-3,7-8,11,16,18-20,25,31-32,34,40,43-46H,4-6,9-10,12-15,17,21-22H2,1H3,(H,41,47)/t31-,32+,34+/m0/s1. The molecule has 2 saturated carbocycles. The molecule has 2 aliphatic carbocycles. The zero-order chi connectivity index (χ0) is 37.5. The Kier molecular flexibility index (Phi) is 13.8. The Hall–Kier alpha value is -3.05. The van der Waals surface area contributed by atoms with E-state index >= 15 is 0 Å². The number of hydrogen-bond acceptors (Lipinski definition) is 10. The topological polar surface area (TPSA) is 191 Å². The number of hydrogen-bond donors (Lipinski definition) is 6. The molecule has 2 fully saturated rings. The number of rotatable bonds is 20. The maximum Gasteiger partial charge on any atom is 0.331 e. The highest BCUT2D eigenvalue weighted by Gasteiger charge is 2.48. The minimum atomic E-state index is -4.22. The van der Waals surface area contributed by atoms with Gasteiger partial charge in [0.2, 0.25) is 0 Å². The van der Waals surface area contributed by atoms with Crippen LogP contribution in [-0.2, 0) is 33.6 Å². The molecular weight excluding hydrogens is 735 g/mol. The van der Waals surface area contributed by atoms with E-state index in [-0.39, 0.29) is 25.7 Å². The van der Waals surface area contributed by atoms with Crippen LogP contribution >= 0.6 is 23.2 Å². The smallest absolute Gasteiger partial charge is 0.331 e. The van der Waals surface area contributed by atoms with E-state index < -0.39 is 53.3 Å². The molecule has 1 heterocycles. The van der Waals surface area contributed by atoms with Gasteiger partial charge in [-0.1, -0.05) is 41.4 Å². The summed E-state index contributed by atoms with van der Waals surface area (Å²) in [6.07, 6.45) is 4.50. The minimum Gasteiger partial charge on any atom is -0.490 e. The largest absolute Gasteiger partial charge is 0.490 e. The highest BCUT2D eigenvalue weighted by atomic mass is 35.5. The molecule has 16 heteroatoms. The number of pyridine rings is 1. The monoisotopic (exact) mass is 780 g/mol. The fourth-order valence-corrected chi connectivity index (χ4v) is 7.20. The van der Waals surface area contributed by atoms with E-state index in [1.54, 1.807) is 18.3 Å². The summed E-state index contributed by atoms with van der Waals surface area (Å²) in [5.74, 6) is 0.857. The molecule has 13 nitrogen and oxygen atoms in total. The second kappa shape index (κ2) is 17.9. The van der Waals surface area contributed by atoms with Crippen molar-refractivity contribution < 1.29 is 43.1 Å². The average Bonchev–Trinajstić information content (AvgIpc) is 4.06. The van der Waals surface area contributed by atoms with Crippen molar-refractivity contribution in [2.45, 2.75) is 88.0 Å². The normalized spacial score (nSPS) is 16.9. The van der Waals surface area contributed by atoms with Crippen molar-refractivity contribution >= 4 is 39.4 Å². The van der Waals surface area contributed by atoms with Gasteiger partial charge in [0.15, 0.2) is 0 Å². The molecule has 6 N–H and O–H groups in total. The van der Waals surface area contributed by atoms with E-state index in [9.17, 15) is 28.5 Å². The van der Waals surface area contributed by atoms with Crippen LogP contribution in [0.2, 0.25) is 10.0 Å². The van der Waals surface area contributed by atoms with Crippen LogP contribution in [0.1, 0.15) is 61.6 Å². The molecule has 1 aromatic heterocycles. The highest BCUT2D eigenvalue weighted by molar-refractivity contribution is 7.88. The molecule has 0 unspecified atom stereocenters. The third-order valence-electron chi connectivity index (χ3n) is 9.14. The van der Waals surface area contributed by atoms with E-state index in [1.807, 2.05) is 35.2 Å². The molecular formula is C36H46Cl2N4O9S. The Morgan fingerprint density at radius 1 is 1.04 bits per heavy atom. The number of nitrogens with zero attached hydrogens (tertiary/aromatic N) is 2. The summed E-state index contributed by atoms with van der Waals surface area (Å²) >= 11 is 13.3. The van der Waals surface area contributed by atoms with Crippen molar-refractivity contribution in [1.82, 2.24) is 19.3 Å². The van der Waals surface area contributed by atoms with Crippen molar-refractivity contribution in [3.63, 3.8) is 0 Å². The number of para-hydroxylation sites is 1. The fraction of sp³-hybridized carbons (Fsp3) is 0.500. The van der Waals surface area contributed by atoms with E-state index in [4.69, 9.17) is 37.8 Å². The number of amides is 2. The van der Waals surface area contributed by atoms with E-state index in [2.05, 4.69) is 15.8 Å². The second-order valence-corrected chi connectivity index (χ2v) is 15.6. The summed E-state index contributed by atoms with van der Waals surface area (Å²) in [6, 6.07) is 12.6.